The number of aromatic nitrogens is 2. The molecular formula is C74H53BrN2. The minimum atomic E-state index is -0.450. The van der Waals surface area contributed by atoms with Gasteiger partial charge in [-0.1, -0.05) is 277 Å². The molecule has 0 unspecified atom stereocenters. The van der Waals surface area contributed by atoms with Crippen LogP contribution in [0.1, 0.15) is 44.5 Å². The standard InChI is InChI=1S/C37H26BrN.C37H27N/c38-31-22-25-36-34(26-31)33-18-10-11-19-35(33)39(36)32-23-20-30(21-24-32)37(27-12-4-1-5-13-27,28-14-6-2-7-15-28)29-16-8-3-9-17-29;1-4-14-28(15-5-1)37(29-16-6-2-7-17-29,30-18-8-3-9-19-30)31-24-26-32(27-25-31)38-35-22-12-10-20-33(35)34-21-11-13-23-36(34)38/h1-26H;1-27H. The van der Waals surface area contributed by atoms with Crippen molar-refractivity contribution in [1.29, 1.82) is 0 Å². The lowest BCUT2D eigenvalue weighted by atomic mass is 9.65. The topological polar surface area (TPSA) is 9.86 Å². The molecule has 0 aliphatic rings. The molecule has 0 aliphatic carbocycles. The van der Waals surface area contributed by atoms with Crippen LogP contribution in [0.3, 0.4) is 0 Å². The van der Waals surface area contributed by atoms with Gasteiger partial charge in [0, 0.05) is 37.4 Å². The fraction of sp³-hybridized carbons (Fsp3) is 0.0270. The molecule has 14 aromatic rings. The maximum absolute atomic E-state index is 3.67. The van der Waals surface area contributed by atoms with Crippen molar-refractivity contribution >= 4 is 59.5 Å². The number of hydrogen-bond acceptors (Lipinski definition) is 0. The van der Waals surface area contributed by atoms with E-state index in [9.17, 15) is 0 Å². The van der Waals surface area contributed by atoms with Crippen molar-refractivity contribution in [3.63, 3.8) is 0 Å². The Morgan fingerprint density at radius 2 is 0.442 bits per heavy atom. The van der Waals surface area contributed by atoms with Gasteiger partial charge in [0.15, 0.2) is 0 Å². The summed E-state index contributed by atoms with van der Waals surface area (Å²) in [7, 11) is 0. The maximum Gasteiger partial charge on any atom is 0.0701 e. The lowest BCUT2D eigenvalue weighted by Gasteiger charge is -2.37. The highest BCUT2D eigenvalue weighted by Crippen LogP contribution is 2.47. The van der Waals surface area contributed by atoms with Crippen molar-refractivity contribution in [2.24, 2.45) is 0 Å². The molecule has 0 radical (unpaired) electrons. The fourth-order valence-electron chi connectivity index (χ4n) is 12.3. The lowest BCUT2D eigenvalue weighted by Crippen LogP contribution is -2.30. The van der Waals surface area contributed by atoms with E-state index in [0.717, 1.165) is 15.8 Å². The van der Waals surface area contributed by atoms with Crippen molar-refractivity contribution < 1.29 is 0 Å². The first-order valence-electron chi connectivity index (χ1n) is 26.4. The SMILES string of the molecule is Brc1ccc2c(c1)c1ccccc1n2-c1ccc(C(c2ccccc2)(c2ccccc2)c2ccccc2)cc1.c1ccc(C(c2ccccc2)(c2ccccc2)c2ccc(-n3c4ccccc4c4ccccc43)cc2)cc1. The average Bonchev–Trinajstić information content (AvgIpc) is 4.11. The number of para-hydroxylation sites is 3. The summed E-state index contributed by atoms with van der Waals surface area (Å²) >= 11 is 3.67. The molecular weight excluding hydrogens is 997 g/mol. The first kappa shape index (κ1) is 47.4. The monoisotopic (exact) mass is 1050 g/mol. The molecule has 77 heavy (non-hydrogen) atoms. The number of rotatable bonds is 10. The minimum Gasteiger partial charge on any atom is -0.309 e. The Bertz CT molecular complexity index is 4040. The molecule has 2 nitrogen and oxygen atoms in total. The van der Waals surface area contributed by atoms with Gasteiger partial charge < -0.3 is 9.13 Å². The second-order valence-corrected chi connectivity index (χ2v) is 20.6. The van der Waals surface area contributed by atoms with Crippen LogP contribution in [0.25, 0.3) is 55.0 Å². The summed E-state index contributed by atoms with van der Waals surface area (Å²) < 4.78 is 5.84. The summed E-state index contributed by atoms with van der Waals surface area (Å²) in [5, 5.41) is 5.06. The summed E-state index contributed by atoms with van der Waals surface area (Å²) in [5.74, 6) is 0. The van der Waals surface area contributed by atoms with Gasteiger partial charge in [0.1, 0.15) is 0 Å². The van der Waals surface area contributed by atoms with Crippen molar-refractivity contribution in [2.75, 3.05) is 0 Å². The molecule has 0 fully saturated rings. The highest BCUT2D eigenvalue weighted by molar-refractivity contribution is 9.10. The van der Waals surface area contributed by atoms with Crippen molar-refractivity contribution in [3.05, 3.63) is 370 Å². The van der Waals surface area contributed by atoms with Crippen LogP contribution >= 0.6 is 15.9 Å². The second-order valence-electron chi connectivity index (χ2n) is 19.7. The van der Waals surface area contributed by atoms with Crippen LogP contribution in [0.5, 0.6) is 0 Å². The highest BCUT2D eigenvalue weighted by atomic mass is 79.9. The van der Waals surface area contributed by atoms with Crippen LogP contribution in [0, 0.1) is 0 Å². The predicted molar refractivity (Wildman–Crippen MR) is 326 cm³/mol. The summed E-state index contributed by atoms with van der Waals surface area (Å²) in [6.07, 6.45) is 0. The van der Waals surface area contributed by atoms with Crippen LogP contribution in [-0.4, -0.2) is 9.13 Å². The summed E-state index contributed by atoms with van der Waals surface area (Å²) in [4.78, 5) is 0. The van der Waals surface area contributed by atoms with Gasteiger partial charge in [-0.25, -0.2) is 0 Å². The third-order valence-electron chi connectivity index (χ3n) is 15.6. The summed E-state index contributed by atoms with van der Waals surface area (Å²) in [6.45, 7) is 0. The van der Waals surface area contributed by atoms with E-state index in [1.165, 1.54) is 88.1 Å². The van der Waals surface area contributed by atoms with Crippen molar-refractivity contribution in [1.82, 2.24) is 9.13 Å². The smallest absolute Gasteiger partial charge is 0.0701 e. The van der Waals surface area contributed by atoms with E-state index < -0.39 is 10.8 Å². The van der Waals surface area contributed by atoms with Gasteiger partial charge in [-0.3, -0.25) is 0 Å². The van der Waals surface area contributed by atoms with Crippen LogP contribution in [0.2, 0.25) is 0 Å². The Kier molecular flexibility index (Phi) is 12.6. The molecule has 12 aromatic carbocycles. The molecule has 0 amide bonds. The normalized spacial score (nSPS) is 11.7. The van der Waals surface area contributed by atoms with E-state index in [1.807, 2.05) is 0 Å². The third-order valence-corrected chi connectivity index (χ3v) is 16.1. The van der Waals surface area contributed by atoms with E-state index in [1.54, 1.807) is 0 Å². The Balaban J connectivity index is 0.000000147. The molecule has 2 heterocycles. The highest BCUT2D eigenvalue weighted by Gasteiger charge is 2.39. The van der Waals surface area contributed by atoms with Crippen LogP contribution in [0.4, 0.5) is 0 Å². The molecule has 0 aliphatic heterocycles. The average molecular weight is 1050 g/mol. The number of halogens is 1. The van der Waals surface area contributed by atoms with Gasteiger partial charge >= 0.3 is 0 Å². The number of nitrogens with zero attached hydrogens (tertiary/aromatic N) is 2. The zero-order valence-corrected chi connectivity index (χ0v) is 44.0. The molecule has 0 saturated heterocycles. The Labute approximate surface area is 458 Å². The van der Waals surface area contributed by atoms with E-state index >= 15 is 0 Å². The Hall–Kier alpha value is -9.28. The van der Waals surface area contributed by atoms with Crippen LogP contribution < -0.4 is 0 Å². The van der Waals surface area contributed by atoms with Gasteiger partial charge in [-0.2, -0.15) is 0 Å². The summed E-state index contributed by atoms with van der Waals surface area (Å²) in [6, 6.07) is 116. The molecule has 3 heteroatoms. The number of fused-ring (bicyclic) bond motifs is 6. The summed E-state index contributed by atoms with van der Waals surface area (Å²) in [5.41, 5.74) is 16.2. The van der Waals surface area contributed by atoms with E-state index in [-0.39, 0.29) is 0 Å². The molecule has 0 saturated carbocycles. The number of hydrogen-bond donors (Lipinski definition) is 0. The minimum absolute atomic E-state index is 0.441. The van der Waals surface area contributed by atoms with E-state index in [0.29, 0.717) is 0 Å². The molecule has 0 spiro atoms. The second kappa shape index (κ2) is 20.4. The third kappa shape index (κ3) is 8.19. The zero-order valence-electron chi connectivity index (χ0n) is 42.4. The predicted octanol–water partition coefficient (Wildman–Crippen LogP) is 19.1. The Morgan fingerprint density at radius 3 is 0.740 bits per heavy atom. The Morgan fingerprint density at radius 1 is 0.208 bits per heavy atom. The van der Waals surface area contributed by atoms with E-state index in [2.05, 4.69) is 347 Å². The largest absolute Gasteiger partial charge is 0.309 e. The van der Waals surface area contributed by atoms with Crippen LogP contribution in [0.15, 0.2) is 326 Å². The van der Waals surface area contributed by atoms with E-state index in [4.69, 9.17) is 0 Å². The molecule has 14 rings (SSSR count). The quantitative estimate of drug-likeness (QED) is 0.121. The van der Waals surface area contributed by atoms with Gasteiger partial charge in [-0.05, 0) is 105 Å². The molecule has 0 atom stereocenters. The van der Waals surface area contributed by atoms with Gasteiger partial charge in [0.25, 0.3) is 0 Å². The fourth-order valence-corrected chi connectivity index (χ4v) is 12.6. The number of benzene rings is 12. The molecule has 2 aromatic heterocycles. The van der Waals surface area contributed by atoms with Gasteiger partial charge in [-0.15, -0.1) is 0 Å². The van der Waals surface area contributed by atoms with Crippen molar-refractivity contribution in [3.8, 4) is 11.4 Å². The lowest BCUT2D eigenvalue weighted by molar-refractivity contribution is 0.745. The van der Waals surface area contributed by atoms with Gasteiger partial charge in [0.05, 0.1) is 32.9 Å². The first-order valence-corrected chi connectivity index (χ1v) is 27.2. The van der Waals surface area contributed by atoms with Crippen LogP contribution in [-0.2, 0) is 10.8 Å². The first-order chi connectivity index (χ1) is 38.1. The molecule has 0 bridgehead atoms. The zero-order chi connectivity index (χ0) is 51.6. The van der Waals surface area contributed by atoms with Gasteiger partial charge in [0.2, 0.25) is 0 Å². The molecule has 0 N–H and O–H groups in total. The van der Waals surface area contributed by atoms with Crippen molar-refractivity contribution in [2.45, 2.75) is 10.8 Å². The molecule has 366 valence electrons. The maximum atomic E-state index is 3.67.